The van der Waals surface area contributed by atoms with Crippen molar-refractivity contribution in [3.8, 4) is 0 Å². The lowest BCUT2D eigenvalue weighted by molar-refractivity contribution is -0.110. The topological polar surface area (TPSA) is 26.3 Å². The van der Waals surface area contributed by atoms with E-state index >= 15 is 0 Å². The highest BCUT2D eigenvalue weighted by Crippen LogP contribution is 1.91. The fourth-order valence-corrected chi connectivity index (χ4v) is 0.488. The number of rotatable bonds is 4. The van der Waals surface area contributed by atoms with Crippen LogP contribution in [-0.2, 0) is 9.53 Å². The molecular weight excluding hydrogens is 104 g/mol. The number of carbonyl (C=O) groups is 1. The minimum Gasteiger partial charge on any atom is -0.378 e. The smallest absolute Gasteiger partial charge is 0.122 e. The van der Waals surface area contributed by atoms with E-state index in [1.807, 2.05) is 13.8 Å². The lowest BCUT2D eigenvalue weighted by Crippen LogP contribution is -2.07. The van der Waals surface area contributed by atoms with E-state index in [9.17, 15) is 4.79 Å². The van der Waals surface area contributed by atoms with Gasteiger partial charge in [0, 0.05) is 13.0 Å². The van der Waals surface area contributed by atoms with Crippen molar-refractivity contribution < 1.29 is 9.53 Å². The van der Waals surface area contributed by atoms with Gasteiger partial charge < -0.3 is 9.53 Å². The van der Waals surface area contributed by atoms with Crippen LogP contribution < -0.4 is 0 Å². The summed E-state index contributed by atoms with van der Waals surface area (Å²) in [5.74, 6) is 0. The summed E-state index contributed by atoms with van der Waals surface area (Å²) in [5, 5.41) is 0. The minimum absolute atomic E-state index is 0.0949. The maximum atomic E-state index is 9.81. The summed E-state index contributed by atoms with van der Waals surface area (Å²) in [7, 11) is 0. The molecule has 1 atom stereocenters. The monoisotopic (exact) mass is 116 g/mol. The first-order valence-corrected chi connectivity index (χ1v) is 2.86. The van der Waals surface area contributed by atoms with E-state index in [-0.39, 0.29) is 6.10 Å². The molecule has 2 heteroatoms. The third-order valence-electron chi connectivity index (χ3n) is 0.879. The highest BCUT2D eigenvalue weighted by Gasteiger charge is 1.95. The van der Waals surface area contributed by atoms with Crippen LogP contribution in [-0.4, -0.2) is 19.0 Å². The number of carbonyl (C=O) groups excluding carboxylic acids is 1. The van der Waals surface area contributed by atoms with Crippen LogP contribution in [0.25, 0.3) is 0 Å². The molecule has 0 aliphatic heterocycles. The molecule has 0 saturated carbocycles. The van der Waals surface area contributed by atoms with Gasteiger partial charge in [-0.25, -0.2) is 0 Å². The summed E-state index contributed by atoms with van der Waals surface area (Å²) in [4.78, 5) is 9.81. The quantitative estimate of drug-likeness (QED) is 0.512. The zero-order valence-electron chi connectivity index (χ0n) is 5.39. The molecule has 0 N–H and O–H groups in total. The van der Waals surface area contributed by atoms with Gasteiger partial charge in [0.15, 0.2) is 0 Å². The first-order valence-electron chi connectivity index (χ1n) is 2.86. The fraction of sp³-hybridized carbons (Fsp3) is 0.833. The van der Waals surface area contributed by atoms with Gasteiger partial charge in [0.2, 0.25) is 0 Å². The Morgan fingerprint density at radius 2 is 2.38 bits per heavy atom. The molecule has 0 rings (SSSR count). The molecule has 0 spiro atoms. The molecule has 0 aliphatic rings. The van der Waals surface area contributed by atoms with Crippen LogP contribution in [0.1, 0.15) is 20.3 Å². The Morgan fingerprint density at radius 1 is 1.75 bits per heavy atom. The van der Waals surface area contributed by atoms with E-state index in [0.29, 0.717) is 13.0 Å². The van der Waals surface area contributed by atoms with Gasteiger partial charge in [-0.2, -0.15) is 0 Å². The standard InChI is InChI=1S/C6H12O2/c1-3-8-6(2)4-5-7/h5-6H,3-4H2,1-2H3. The van der Waals surface area contributed by atoms with Gasteiger partial charge in [-0.3, -0.25) is 0 Å². The molecule has 0 aromatic heterocycles. The van der Waals surface area contributed by atoms with Crippen molar-refractivity contribution in [3.05, 3.63) is 0 Å². The Labute approximate surface area is 49.8 Å². The number of ether oxygens (including phenoxy) is 1. The second kappa shape index (κ2) is 4.78. The van der Waals surface area contributed by atoms with E-state index in [1.54, 1.807) is 0 Å². The number of hydrogen-bond donors (Lipinski definition) is 0. The predicted octanol–water partition coefficient (Wildman–Crippen LogP) is 1.00. The van der Waals surface area contributed by atoms with Crippen molar-refractivity contribution in [2.45, 2.75) is 26.4 Å². The van der Waals surface area contributed by atoms with Crippen LogP contribution in [0.4, 0.5) is 0 Å². The normalized spacial score (nSPS) is 13.2. The predicted molar refractivity (Wildman–Crippen MR) is 31.8 cm³/mol. The Bertz CT molecular complexity index is 61.5. The summed E-state index contributed by atoms with van der Waals surface area (Å²) in [6, 6.07) is 0. The summed E-state index contributed by atoms with van der Waals surface area (Å²) in [6.07, 6.45) is 1.48. The van der Waals surface area contributed by atoms with Crippen LogP contribution in [0.2, 0.25) is 0 Å². The molecule has 0 amide bonds. The molecule has 0 radical (unpaired) electrons. The zero-order chi connectivity index (χ0) is 6.41. The molecule has 48 valence electrons. The molecule has 0 heterocycles. The Kier molecular flexibility index (Phi) is 4.56. The van der Waals surface area contributed by atoms with Crippen LogP contribution >= 0.6 is 0 Å². The van der Waals surface area contributed by atoms with Gasteiger partial charge in [0.1, 0.15) is 6.29 Å². The van der Waals surface area contributed by atoms with Crippen LogP contribution in [0.3, 0.4) is 0 Å². The third-order valence-corrected chi connectivity index (χ3v) is 0.879. The average Bonchev–Trinajstić information content (AvgIpc) is 1.68. The van der Waals surface area contributed by atoms with Gasteiger partial charge in [-0.1, -0.05) is 0 Å². The van der Waals surface area contributed by atoms with Gasteiger partial charge in [-0.15, -0.1) is 0 Å². The van der Waals surface area contributed by atoms with Gasteiger partial charge in [0.25, 0.3) is 0 Å². The second-order valence-electron chi connectivity index (χ2n) is 1.67. The van der Waals surface area contributed by atoms with E-state index in [0.717, 1.165) is 6.29 Å². The van der Waals surface area contributed by atoms with Gasteiger partial charge >= 0.3 is 0 Å². The lowest BCUT2D eigenvalue weighted by Gasteiger charge is -2.05. The van der Waals surface area contributed by atoms with Crippen molar-refractivity contribution in [2.75, 3.05) is 6.61 Å². The fourth-order valence-electron chi connectivity index (χ4n) is 0.488. The first kappa shape index (κ1) is 7.63. The minimum atomic E-state index is 0.0949. The molecule has 0 bridgehead atoms. The van der Waals surface area contributed by atoms with E-state index in [4.69, 9.17) is 4.74 Å². The molecule has 0 saturated heterocycles. The van der Waals surface area contributed by atoms with E-state index < -0.39 is 0 Å². The van der Waals surface area contributed by atoms with Crippen LogP contribution in [0, 0.1) is 0 Å². The van der Waals surface area contributed by atoms with Crippen molar-refractivity contribution in [2.24, 2.45) is 0 Å². The van der Waals surface area contributed by atoms with Crippen molar-refractivity contribution in [1.29, 1.82) is 0 Å². The Hall–Kier alpha value is -0.370. The first-order chi connectivity index (χ1) is 3.81. The maximum Gasteiger partial charge on any atom is 0.122 e. The molecule has 0 aliphatic carbocycles. The van der Waals surface area contributed by atoms with Crippen LogP contribution in [0.15, 0.2) is 0 Å². The Balaban J connectivity index is 3.03. The summed E-state index contributed by atoms with van der Waals surface area (Å²) < 4.78 is 5.05. The van der Waals surface area contributed by atoms with Gasteiger partial charge in [-0.05, 0) is 13.8 Å². The maximum absolute atomic E-state index is 9.81. The van der Waals surface area contributed by atoms with Crippen molar-refractivity contribution in [3.63, 3.8) is 0 Å². The summed E-state index contributed by atoms with van der Waals surface area (Å²) in [5.41, 5.74) is 0. The summed E-state index contributed by atoms with van der Waals surface area (Å²) in [6.45, 7) is 4.49. The summed E-state index contributed by atoms with van der Waals surface area (Å²) >= 11 is 0. The van der Waals surface area contributed by atoms with Gasteiger partial charge in [0.05, 0.1) is 6.10 Å². The van der Waals surface area contributed by atoms with E-state index in [2.05, 4.69) is 0 Å². The zero-order valence-corrected chi connectivity index (χ0v) is 5.39. The molecule has 8 heavy (non-hydrogen) atoms. The largest absolute Gasteiger partial charge is 0.378 e. The molecule has 2 nitrogen and oxygen atoms in total. The average molecular weight is 116 g/mol. The lowest BCUT2D eigenvalue weighted by atomic mass is 10.3. The van der Waals surface area contributed by atoms with E-state index in [1.165, 1.54) is 0 Å². The van der Waals surface area contributed by atoms with Crippen molar-refractivity contribution in [1.82, 2.24) is 0 Å². The highest BCUT2D eigenvalue weighted by molar-refractivity contribution is 5.49. The third kappa shape index (κ3) is 3.81. The SMILES string of the molecule is CCOC(C)CC=O. The van der Waals surface area contributed by atoms with Crippen molar-refractivity contribution >= 4 is 6.29 Å². The second-order valence-corrected chi connectivity index (χ2v) is 1.67. The number of hydrogen-bond acceptors (Lipinski definition) is 2. The molecule has 1 unspecified atom stereocenters. The Morgan fingerprint density at radius 3 is 2.75 bits per heavy atom. The van der Waals surface area contributed by atoms with Crippen LogP contribution in [0.5, 0.6) is 0 Å². The highest BCUT2D eigenvalue weighted by atomic mass is 16.5. The molecule has 0 aromatic carbocycles. The molecule has 0 fully saturated rings. The molecule has 0 aromatic rings. The molecular formula is C6H12O2. The number of aldehydes is 1.